The molecule has 1 rings (SSSR count). The lowest BCUT2D eigenvalue weighted by molar-refractivity contribution is 0.0635. The third kappa shape index (κ3) is 4.51. The molecular weight excluding hydrogens is 244 g/mol. The summed E-state index contributed by atoms with van der Waals surface area (Å²) in [5, 5.41) is 21.0. The van der Waals surface area contributed by atoms with Crippen LogP contribution in [0.4, 0.5) is 10.5 Å². The van der Waals surface area contributed by atoms with Gasteiger partial charge in [-0.1, -0.05) is 0 Å². The lowest BCUT2D eigenvalue weighted by atomic mass is 10.0. The van der Waals surface area contributed by atoms with Crippen molar-refractivity contribution in [1.29, 1.82) is 5.26 Å². The molecule has 0 aliphatic carbocycles. The van der Waals surface area contributed by atoms with Crippen LogP contribution in [-0.2, 0) is 4.74 Å². The van der Waals surface area contributed by atoms with Crippen molar-refractivity contribution < 1.29 is 14.6 Å². The summed E-state index contributed by atoms with van der Waals surface area (Å²) in [6, 6.07) is 6.51. The van der Waals surface area contributed by atoms with Crippen LogP contribution in [-0.4, -0.2) is 16.8 Å². The first-order valence-corrected chi connectivity index (χ1v) is 5.95. The molecule has 2 N–H and O–H groups in total. The number of hydrogen-bond donors (Lipinski definition) is 2. The van der Waals surface area contributed by atoms with Crippen LogP contribution in [0, 0.1) is 11.3 Å². The summed E-state index contributed by atoms with van der Waals surface area (Å²) in [6.45, 7) is 6.99. The normalized spacial score (nSPS) is 12.4. The van der Waals surface area contributed by atoms with Crippen molar-refractivity contribution in [2.45, 2.75) is 39.2 Å². The molecule has 1 atom stereocenters. The van der Waals surface area contributed by atoms with Gasteiger partial charge in [-0.25, -0.2) is 4.79 Å². The first-order chi connectivity index (χ1) is 8.73. The molecule has 0 fully saturated rings. The summed E-state index contributed by atoms with van der Waals surface area (Å²) in [4.78, 5) is 11.7. The molecule has 1 amide bonds. The molecule has 0 saturated heterocycles. The Morgan fingerprint density at radius 2 is 2.11 bits per heavy atom. The molecule has 0 spiro atoms. The van der Waals surface area contributed by atoms with Crippen molar-refractivity contribution in [2.24, 2.45) is 0 Å². The van der Waals surface area contributed by atoms with Gasteiger partial charge in [0.15, 0.2) is 0 Å². The maximum atomic E-state index is 11.7. The van der Waals surface area contributed by atoms with Gasteiger partial charge in [0.05, 0.1) is 12.0 Å². The number of aromatic hydroxyl groups is 1. The Kier molecular flexibility index (Phi) is 4.38. The van der Waals surface area contributed by atoms with Crippen molar-refractivity contribution in [2.75, 3.05) is 5.32 Å². The predicted octanol–water partition coefficient (Wildman–Crippen LogP) is 3.37. The number of ether oxygens (including phenoxy) is 1. The van der Waals surface area contributed by atoms with Gasteiger partial charge in [-0.2, -0.15) is 5.26 Å². The Balaban J connectivity index is 2.96. The number of nitrogens with one attached hydrogen (secondary N) is 1. The molecule has 0 radical (unpaired) electrons. The smallest absolute Gasteiger partial charge is 0.412 e. The van der Waals surface area contributed by atoms with Gasteiger partial charge >= 0.3 is 6.09 Å². The fourth-order valence-corrected chi connectivity index (χ4v) is 1.51. The topological polar surface area (TPSA) is 82.4 Å². The zero-order valence-corrected chi connectivity index (χ0v) is 11.5. The van der Waals surface area contributed by atoms with Crippen LogP contribution >= 0.6 is 0 Å². The fraction of sp³-hybridized carbons (Fsp3) is 0.429. The van der Waals surface area contributed by atoms with E-state index in [-0.39, 0.29) is 5.75 Å². The Hall–Kier alpha value is -2.22. The van der Waals surface area contributed by atoms with E-state index in [0.717, 1.165) is 0 Å². The molecule has 0 aromatic heterocycles. The van der Waals surface area contributed by atoms with E-state index in [2.05, 4.69) is 11.4 Å². The zero-order valence-electron chi connectivity index (χ0n) is 11.5. The fourth-order valence-electron chi connectivity index (χ4n) is 1.51. The van der Waals surface area contributed by atoms with E-state index in [4.69, 9.17) is 10.00 Å². The Morgan fingerprint density at radius 3 is 2.63 bits per heavy atom. The maximum Gasteiger partial charge on any atom is 0.412 e. The molecule has 19 heavy (non-hydrogen) atoms. The standard InChI is InChI=1S/C14H18N2O3/c1-9(8-15)11-7-10(17)5-6-12(11)16-13(18)19-14(2,3)4/h5-7,9,17H,1-4H3,(H,16,18). The minimum absolute atomic E-state index is 0.0480. The predicted molar refractivity (Wildman–Crippen MR) is 72.0 cm³/mol. The second-order valence-corrected chi connectivity index (χ2v) is 5.25. The Bertz CT molecular complexity index is 512. The van der Waals surface area contributed by atoms with E-state index in [1.54, 1.807) is 33.8 Å². The molecule has 102 valence electrons. The molecule has 5 nitrogen and oxygen atoms in total. The second kappa shape index (κ2) is 5.61. The summed E-state index contributed by atoms with van der Waals surface area (Å²) in [7, 11) is 0. The summed E-state index contributed by atoms with van der Waals surface area (Å²) in [6.07, 6.45) is -0.593. The van der Waals surface area contributed by atoms with Gasteiger partial charge in [-0.05, 0) is 51.5 Å². The highest BCUT2D eigenvalue weighted by molar-refractivity contribution is 5.86. The van der Waals surface area contributed by atoms with Crippen molar-refractivity contribution in [3.05, 3.63) is 23.8 Å². The Morgan fingerprint density at radius 1 is 1.47 bits per heavy atom. The number of amides is 1. The van der Waals surface area contributed by atoms with Crippen LogP contribution in [0.25, 0.3) is 0 Å². The van der Waals surface area contributed by atoms with Gasteiger partial charge in [0.25, 0.3) is 0 Å². The molecule has 0 heterocycles. The van der Waals surface area contributed by atoms with Crippen molar-refractivity contribution in [1.82, 2.24) is 0 Å². The molecule has 0 bridgehead atoms. The highest BCUT2D eigenvalue weighted by Crippen LogP contribution is 2.28. The molecule has 5 heteroatoms. The number of carbonyl (C=O) groups is 1. The van der Waals surface area contributed by atoms with Gasteiger partial charge in [-0.15, -0.1) is 0 Å². The number of phenols is 1. The average Bonchev–Trinajstić information content (AvgIpc) is 2.28. The monoisotopic (exact) mass is 262 g/mol. The van der Waals surface area contributed by atoms with E-state index < -0.39 is 17.6 Å². The number of nitrogens with zero attached hydrogens (tertiary/aromatic N) is 1. The van der Waals surface area contributed by atoms with E-state index in [0.29, 0.717) is 11.3 Å². The van der Waals surface area contributed by atoms with Crippen LogP contribution < -0.4 is 5.32 Å². The first kappa shape index (κ1) is 14.8. The Labute approximate surface area is 112 Å². The largest absolute Gasteiger partial charge is 0.508 e. The van der Waals surface area contributed by atoms with Crippen LogP contribution in [0.2, 0.25) is 0 Å². The third-order valence-electron chi connectivity index (χ3n) is 2.33. The second-order valence-electron chi connectivity index (χ2n) is 5.25. The SMILES string of the molecule is CC(C#N)c1cc(O)ccc1NC(=O)OC(C)(C)C. The van der Waals surface area contributed by atoms with E-state index >= 15 is 0 Å². The molecule has 1 aromatic carbocycles. The molecule has 1 aromatic rings. The van der Waals surface area contributed by atoms with Crippen molar-refractivity contribution in [3.63, 3.8) is 0 Å². The number of rotatable bonds is 2. The quantitative estimate of drug-likeness (QED) is 0.800. The molecule has 0 aliphatic heterocycles. The first-order valence-electron chi connectivity index (χ1n) is 5.95. The van der Waals surface area contributed by atoms with Crippen LogP contribution in [0.1, 0.15) is 39.2 Å². The summed E-state index contributed by atoms with van der Waals surface area (Å²) in [5.74, 6) is -0.399. The molecule has 0 saturated carbocycles. The van der Waals surface area contributed by atoms with Gasteiger partial charge in [0.2, 0.25) is 0 Å². The number of anilines is 1. The van der Waals surface area contributed by atoms with Crippen LogP contribution in [0.15, 0.2) is 18.2 Å². The summed E-state index contributed by atoms with van der Waals surface area (Å²) in [5.41, 5.74) is 0.414. The molecule has 0 aliphatic rings. The van der Waals surface area contributed by atoms with E-state index in [9.17, 15) is 9.90 Å². The number of nitriles is 1. The lowest BCUT2D eigenvalue weighted by Gasteiger charge is -2.20. The highest BCUT2D eigenvalue weighted by Gasteiger charge is 2.18. The van der Waals surface area contributed by atoms with Gasteiger partial charge < -0.3 is 9.84 Å². The van der Waals surface area contributed by atoms with Crippen LogP contribution in [0.3, 0.4) is 0 Å². The lowest BCUT2D eigenvalue weighted by Crippen LogP contribution is -2.27. The van der Waals surface area contributed by atoms with E-state index in [1.165, 1.54) is 12.1 Å². The molecular formula is C14H18N2O3. The number of carbonyl (C=O) groups excluding carboxylic acids is 1. The van der Waals surface area contributed by atoms with Gasteiger partial charge in [-0.3, -0.25) is 5.32 Å². The van der Waals surface area contributed by atoms with Gasteiger partial charge in [0, 0.05) is 5.69 Å². The number of benzene rings is 1. The zero-order chi connectivity index (χ0) is 14.6. The summed E-state index contributed by atoms with van der Waals surface area (Å²) >= 11 is 0. The summed E-state index contributed by atoms with van der Waals surface area (Å²) < 4.78 is 5.14. The van der Waals surface area contributed by atoms with Crippen molar-refractivity contribution in [3.8, 4) is 11.8 Å². The van der Waals surface area contributed by atoms with Crippen LogP contribution in [0.5, 0.6) is 5.75 Å². The maximum absolute atomic E-state index is 11.7. The minimum Gasteiger partial charge on any atom is -0.508 e. The minimum atomic E-state index is -0.595. The average molecular weight is 262 g/mol. The number of phenolic OH excluding ortho intramolecular Hbond substituents is 1. The number of hydrogen-bond acceptors (Lipinski definition) is 4. The third-order valence-corrected chi connectivity index (χ3v) is 2.33. The van der Waals surface area contributed by atoms with Gasteiger partial charge in [0.1, 0.15) is 11.4 Å². The molecule has 1 unspecified atom stereocenters. The van der Waals surface area contributed by atoms with Crippen molar-refractivity contribution >= 4 is 11.8 Å². The van der Waals surface area contributed by atoms with E-state index in [1.807, 2.05) is 0 Å². The highest BCUT2D eigenvalue weighted by atomic mass is 16.6.